The van der Waals surface area contributed by atoms with E-state index in [0.717, 1.165) is 38.6 Å². The second-order valence-corrected chi connectivity index (χ2v) is 7.34. The maximum absolute atomic E-state index is 5.98. The number of aliphatic imine (C=N–C) groups is 1. The molecule has 1 aliphatic carbocycles. The Morgan fingerprint density at radius 2 is 1.81 bits per heavy atom. The van der Waals surface area contributed by atoms with E-state index in [-0.39, 0.29) is 24.0 Å². The minimum atomic E-state index is 0. The highest BCUT2D eigenvalue weighted by molar-refractivity contribution is 14.0. The molecule has 6 heteroatoms. The van der Waals surface area contributed by atoms with Gasteiger partial charge in [-0.3, -0.25) is 4.99 Å². The summed E-state index contributed by atoms with van der Waals surface area (Å²) in [7, 11) is 6.01. The fourth-order valence-corrected chi connectivity index (χ4v) is 3.39. The standard InChI is InChI=1S/C21H36N4O.HI/c1-22-21(23-14-9-15-26-20-12-5-4-6-13-20)24-16-18-10-7-8-11-19(18)17-25(2)3;/h7-8,10-11,20H,4-6,9,12-17H2,1-3H3,(H2,22,23,24);1H. The fourth-order valence-electron chi connectivity index (χ4n) is 3.39. The summed E-state index contributed by atoms with van der Waals surface area (Å²) in [6.45, 7) is 3.44. The largest absolute Gasteiger partial charge is 0.378 e. The van der Waals surface area contributed by atoms with E-state index in [1.807, 2.05) is 7.05 Å². The molecule has 0 amide bonds. The molecule has 1 aromatic carbocycles. The second-order valence-electron chi connectivity index (χ2n) is 7.34. The average Bonchev–Trinajstić information content (AvgIpc) is 2.65. The van der Waals surface area contributed by atoms with Crippen molar-refractivity contribution in [1.82, 2.24) is 15.5 Å². The van der Waals surface area contributed by atoms with Crippen LogP contribution in [0.5, 0.6) is 0 Å². The number of nitrogens with zero attached hydrogens (tertiary/aromatic N) is 2. The van der Waals surface area contributed by atoms with Crippen molar-refractivity contribution in [3.05, 3.63) is 35.4 Å². The van der Waals surface area contributed by atoms with E-state index in [4.69, 9.17) is 4.74 Å². The average molecular weight is 488 g/mol. The SMILES string of the molecule is CN=C(NCCCOC1CCCCC1)NCc1ccccc1CN(C)C.I. The minimum absolute atomic E-state index is 0. The molecule has 0 heterocycles. The van der Waals surface area contributed by atoms with E-state index >= 15 is 0 Å². The molecule has 2 N–H and O–H groups in total. The first-order valence-electron chi connectivity index (χ1n) is 9.96. The molecular formula is C21H37IN4O. The first kappa shape index (κ1) is 24.2. The Bertz CT molecular complexity index is 545. The molecule has 0 aromatic heterocycles. The predicted molar refractivity (Wildman–Crippen MR) is 125 cm³/mol. The van der Waals surface area contributed by atoms with Gasteiger partial charge in [0.05, 0.1) is 6.10 Å². The van der Waals surface area contributed by atoms with Gasteiger partial charge in [-0.25, -0.2) is 0 Å². The molecule has 0 unspecified atom stereocenters. The number of nitrogens with one attached hydrogen (secondary N) is 2. The van der Waals surface area contributed by atoms with Crippen LogP contribution in [0.2, 0.25) is 0 Å². The molecule has 0 atom stereocenters. The lowest BCUT2D eigenvalue weighted by molar-refractivity contribution is 0.0277. The Labute approximate surface area is 182 Å². The van der Waals surface area contributed by atoms with Crippen molar-refractivity contribution in [2.24, 2.45) is 4.99 Å². The van der Waals surface area contributed by atoms with Gasteiger partial charge in [0.1, 0.15) is 0 Å². The van der Waals surface area contributed by atoms with Crippen molar-refractivity contribution in [3.8, 4) is 0 Å². The Kier molecular flexibility index (Phi) is 12.7. The Morgan fingerprint density at radius 3 is 2.48 bits per heavy atom. The molecule has 0 spiro atoms. The number of hydrogen-bond acceptors (Lipinski definition) is 3. The van der Waals surface area contributed by atoms with Gasteiger partial charge in [0.25, 0.3) is 0 Å². The highest BCUT2D eigenvalue weighted by Crippen LogP contribution is 2.20. The summed E-state index contributed by atoms with van der Waals surface area (Å²) < 4.78 is 5.98. The van der Waals surface area contributed by atoms with Crippen molar-refractivity contribution in [3.63, 3.8) is 0 Å². The van der Waals surface area contributed by atoms with Crippen LogP contribution >= 0.6 is 24.0 Å². The van der Waals surface area contributed by atoms with Gasteiger partial charge in [-0.1, -0.05) is 43.5 Å². The summed E-state index contributed by atoms with van der Waals surface area (Å²) in [5.41, 5.74) is 2.66. The van der Waals surface area contributed by atoms with Crippen molar-refractivity contribution in [1.29, 1.82) is 0 Å². The monoisotopic (exact) mass is 488 g/mol. The van der Waals surface area contributed by atoms with E-state index in [9.17, 15) is 0 Å². The molecule has 154 valence electrons. The van der Waals surface area contributed by atoms with Gasteiger partial charge in [-0.15, -0.1) is 24.0 Å². The van der Waals surface area contributed by atoms with Crippen molar-refractivity contribution >= 4 is 29.9 Å². The van der Waals surface area contributed by atoms with Gasteiger partial charge in [-0.05, 0) is 44.5 Å². The van der Waals surface area contributed by atoms with Crippen LogP contribution < -0.4 is 10.6 Å². The zero-order valence-corrected chi connectivity index (χ0v) is 19.5. The summed E-state index contributed by atoms with van der Waals surface area (Å²) in [5, 5.41) is 6.81. The lowest BCUT2D eigenvalue weighted by atomic mass is 9.98. The molecule has 2 rings (SSSR count). The van der Waals surface area contributed by atoms with E-state index in [2.05, 4.69) is 58.9 Å². The van der Waals surface area contributed by atoms with Crippen LogP contribution in [0, 0.1) is 0 Å². The van der Waals surface area contributed by atoms with Crippen LogP contribution in [0.25, 0.3) is 0 Å². The van der Waals surface area contributed by atoms with Crippen molar-refractivity contribution in [2.75, 3.05) is 34.3 Å². The van der Waals surface area contributed by atoms with Crippen LogP contribution in [-0.4, -0.2) is 51.3 Å². The molecule has 0 radical (unpaired) electrons. The maximum atomic E-state index is 5.98. The third-order valence-electron chi connectivity index (χ3n) is 4.79. The number of ether oxygens (including phenoxy) is 1. The molecule has 1 aliphatic rings. The number of halogens is 1. The van der Waals surface area contributed by atoms with Crippen LogP contribution in [0.3, 0.4) is 0 Å². The van der Waals surface area contributed by atoms with E-state index in [0.29, 0.717) is 6.10 Å². The predicted octanol–water partition coefficient (Wildman–Crippen LogP) is 3.77. The third-order valence-corrected chi connectivity index (χ3v) is 4.79. The van der Waals surface area contributed by atoms with Gasteiger partial charge in [-0.2, -0.15) is 0 Å². The third kappa shape index (κ3) is 9.76. The van der Waals surface area contributed by atoms with Gasteiger partial charge >= 0.3 is 0 Å². The first-order chi connectivity index (χ1) is 12.7. The number of guanidine groups is 1. The molecule has 1 fully saturated rings. The zero-order chi connectivity index (χ0) is 18.6. The molecule has 1 saturated carbocycles. The Morgan fingerprint density at radius 1 is 1.11 bits per heavy atom. The highest BCUT2D eigenvalue weighted by Gasteiger charge is 2.13. The summed E-state index contributed by atoms with van der Waals surface area (Å²) in [6, 6.07) is 8.56. The first-order valence-corrected chi connectivity index (χ1v) is 9.96. The topological polar surface area (TPSA) is 48.9 Å². The van der Waals surface area contributed by atoms with Crippen molar-refractivity contribution in [2.45, 2.75) is 57.7 Å². The summed E-state index contributed by atoms with van der Waals surface area (Å²) in [6.07, 6.45) is 8.01. The van der Waals surface area contributed by atoms with Crippen LogP contribution in [0.1, 0.15) is 49.7 Å². The van der Waals surface area contributed by atoms with Gasteiger partial charge in [0, 0.05) is 33.3 Å². The lowest BCUT2D eigenvalue weighted by Crippen LogP contribution is -2.38. The molecule has 0 aliphatic heterocycles. The van der Waals surface area contributed by atoms with Crippen LogP contribution in [-0.2, 0) is 17.8 Å². The summed E-state index contributed by atoms with van der Waals surface area (Å²) in [4.78, 5) is 6.52. The van der Waals surface area contributed by atoms with Crippen LogP contribution in [0.4, 0.5) is 0 Å². The van der Waals surface area contributed by atoms with Gasteiger partial charge in [0.2, 0.25) is 0 Å². The molecular weight excluding hydrogens is 451 g/mol. The van der Waals surface area contributed by atoms with E-state index in [1.54, 1.807) is 0 Å². The Hall–Kier alpha value is -0.860. The summed E-state index contributed by atoms with van der Waals surface area (Å²) >= 11 is 0. The summed E-state index contributed by atoms with van der Waals surface area (Å²) in [5.74, 6) is 0.849. The number of hydrogen-bond donors (Lipinski definition) is 2. The molecule has 0 saturated heterocycles. The van der Waals surface area contributed by atoms with Gasteiger partial charge < -0.3 is 20.3 Å². The number of rotatable bonds is 9. The lowest BCUT2D eigenvalue weighted by Gasteiger charge is -2.22. The number of benzene rings is 1. The highest BCUT2D eigenvalue weighted by atomic mass is 127. The molecule has 1 aromatic rings. The van der Waals surface area contributed by atoms with E-state index < -0.39 is 0 Å². The van der Waals surface area contributed by atoms with Crippen molar-refractivity contribution < 1.29 is 4.74 Å². The molecule has 27 heavy (non-hydrogen) atoms. The smallest absolute Gasteiger partial charge is 0.191 e. The van der Waals surface area contributed by atoms with Gasteiger partial charge in [0.15, 0.2) is 5.96 Å². The quantitative estimate of drug-likeness (QED) is 0.241. The minimum Gasteiger partial charge on any atom is -0.378 e. The zero-order valence-electron chi connectivity index (χ0n) is 17.2. The van der Waals surface area contributed by atoms with E-state index in [1.165, 1.54) is 43.2 Å². The normalized spacial score (nSPS) is 15.5. The fraction of sp³-hybridized carbons (Fsp3) is 0.667. The van der Waals surface area contributed by atoms with Crippen LogP contribution in [0.15, 0.2) is 29.3 Å². The Balaban J connectivity index is 0.00000364. The maximum Gasteiger partial charge on any atom is 0.191 e. The molecule has 5 nitrogen and oxygen atoms in total. The second kappa shape index (κ2) is 14.2. The molecule has 0 bridgehead atoms.